The number of aryl methyl sites for hydroxylation is 1. The van der Waals surface area contributed by atoms with Crippen molar-refractivity contribution in [3.8, 4) is 0 Å². The summed E-state index contributed by atoms with van der Waals surface area (Å²) in [6, 6.07) is 8.58. The zero-order valence-corrected chi connectivity index (χ0v) is 9.03. The van der Waals surface area contributed by atoms with E-state index in [2.05, 4.69) is 41.5 Å². The van der Waals surface area contributed by atoms with Crippen LogP contribution in [0.4, 0.5) is 0 Å². The van der Waals surface area contributed by atoms with Crippen LogP contribution < -0.4 is 11.1 Å². The Morgan fingerprint density at radius 2 is 2.27 bits per heavy atom. The molecule has 0 radical (unpaired) electrons. The minimum Gasteiger partial charge on any atom is -0.370 e. The fourth-order valence-corrected chi connectivity index (χ4v) is 2.02. The fraction of sp³-hybridized carbons (Fsp3) is 0.417. The van der Waals surface area contributed by atoms with Crippen molar-refractivity contribution in [3.05, 3.63) is 35.4 Å². The van der Waals surface area contributed by atoms with Gasteiger partial charge in [-0.05, 0) is 17.5 Å². The highest BCUT2D eigenvalue weighted by Gasteiger charge is 2.17. The molecule has 15 heavy (non-hydrogen) atoms. The Kier molecular flexibility index (Phi) is 2.90. The van der Waals surface area contributed by atoms with Gasteiger partial charge < -0.3 is 11.1 Å². The van der Waals surface area contributed by atoms with E-state index in [9.17, 15) is 0 Å². The van der Waals surface area contributed by atoms with Gasteiger partial charge in [0.15, 0.2) is 5.96 Å². The molecular weight excluding hydrogens is 186 g/mol. The summed E-state index contributed by atoms with van der Waals surface area (Å²) in [6.07, 6.45) is 1.08. The second kappa shape index (κ2) is 4.34. The number of nitrogens with two attached hydrogens (primary N) is 1. The van der Waals surface area contributed by atoms with Crippen LogP contribution in [-0.4, -0.2) is 19.0 Å². The number of aliphatic imine (C=N–C) groups is 1. The highest BCUT2D eigenvalue weighted by molar-refractivity contribution is 5.78. The highest BCUT2D eigenvalue weighted by Crippen LogP contribution is 2.21. The van der Waals surface area contributed by atoms with E-state index in [0.717, 1.165) is 19.5 Å². The van der Waals surface area contributed by atoms with Gasteiger partial charge in [0.05, 0.1) is 6.54 Å². The van der Waals surface area contributed by atoms with Crippen LogP contribution in [0.3, 0.4) is 0 Å². The molecule has 0 saturated heterocycles. The van der Waals surface area contributed by atoms with Crippen LogP contribution in [0.15, 0.2) is 29.3 Å². The Morgan fingerprint density at radius 1 is 1.47 bits per heavy atom. The summed E-state index contributed by atoms with van der Waals surface area (Å²) in [7, 11) is 0. The molecule has 0 aromatic heterocycles. The second-order valence-corrected chi connectivity index (χ2v) is 3.86. The molecule has 1 aromatic carbocycles. The van der Waals surface area contributed by atoms with Gasteiger partial charge in [-0.2, -0.15) is 0 Å². The van der Waals surface area contributed by atoms with Crippen molar-refractivity contribution in [2.75, 3.05) is 13.1 Å². The number of rotatable bonds is 2. The summed E-state index contributed by atoms with van der Waals surface area (Å²) < 4.78 is 0. The number of benzene rings is 1. The molecule has 1 aliphatic heterocycles. The SMILES string of the molecule is CCc1ccccc1C1CN=C(N)NC1. The molecule has 1 unspecified atom stereocenters. The summed E-state index contributed by atoms with van der Waals surface area (Å²) in [6.45, 7) is 3.88. The maximum Gasteiger partial charge on any atom is 0.188 e. The zero-order valence-electron chi connectivity index (χ0n) is 9.03. The van der Waals surface area contributed by atoms with Gasteiger partial charge in [0.1, 0.15) is 0 Å². The predicted molar refractivity (Wildman–Crippen MR) is 63.1 cm³/mol. The van der Waals surface area contributed by atoms with Gasteiger partial charge in [0, 0.05) is 12.5 Å². The van der Waals surface area contributed by atoms with Crippen molar-refractivity contribution in [2.24, 2.45) is 10.7 Å². The molecule has 80 valence electrons. The number of hydrogen-bond acceptors (Lipinski definition) is 3. The quantitative estimate of drug-likeness (QED) is 0.760. The van der Waals surface area contributed by atoms with Crippen molar-refractivity contribution >= 4 is 5.96 Å². The number of guanidine groups is 1. The number of hydrogen-bond donors (Lipinski definition) is 2. The molecule has 1 atom stereocenters. The van der Waals surface area contributed by atoms with E-state index >= 15 is 0 Å². The average molecular weight is 203 g/mol. The van der Waals surface area contributed by atoms with Gasteiger partial charge in [-0.25, -0.2) is 0 Å². The molecule has 3 heteroatoms. The predicted octanol–water partition coefficient (Wildman–Crippen LogP) is 1.25. The van der Waals surface area contributed by atoms with E-state index in [1.807, 2.05) is 0 Å². The Morgan fingerprint density at radius 3 is 2.93 bits per heavy atom. The van der Waals surface area contributed by atoms with E-state index < -0.39 is 0 Å². The van der Waals surface area contributed by atoms with Crippen LogP contribution in [-0.2, 0) is 6.42 Å². The van der Waals surface area contributed by atoms with Gasteiger partial charge >= 0.3 is 0 Å². The first-order chi connectivity index (χ1) is 7.31. The fourth-order valence-electron chi connectivity index (χ4n) is 2.02. The summed E-state index contributed by atoms with van der Waals surface area (Å²) >= 11 is 0. The molecule has 0 aliphatic carbocycles. The molecule has 0 bridgehead atoms. The molecule has 0 fully saturated rings. The van der Waals surface area contributed by atoms with Gasteiger partial charge in [0.2, 0.25) is 0 Å². The zero-order chi connectivity index (χ0) is 10.7. The van der Waals surface area contributed by atoms with Crippen LogP contribution in [0.5, 0.6) is 0 Å². The van der Waals surface area contributed by atoms with E-state index in [-0.39, 0.29) is 0 Å². The third-order valence-electron chi connectivity index (χ3n) is 2.89. The minimum atomic E-state index is 0.466. The van der Waals surface area contributed by atoms with Gasteiger partial charge in [-0.3, -0.25) is 4.99 Å². The molecule has 1 aliphatic rings. The van der Waals surface area contributed by atoms with E-state index in [1.165, 1.54) is 11.1 Å². The first-order valence-corrected chi connectivity index (χ1v) is 5.43. The molecule has 3 nitrogen and oxygen atoms in total. The summed E-state index contributed by atoms with van der Waals surface area (Å²) in [5, 5.41) is 3.11. The Hall–Kier alpha value is -1.51. The van der Waals surface area contributed by atoms with Crippen LogP contribution in [0.2, 0.25) is 0 Å². The summed E-state index contributed by atoms with van der Waals surface area (Å²) in [4.78, 5) is 4.25. The lowest BCUT2D eigenvalue weighted by molar-refractivity contribution is 0.630. The third kappa shape index (κ3) is 2.12. The van der Waals surface area contributed by atoms with Crippen molar-refractivity contribution < 1.29 is 0 Å². The lowest BCUT2D eigenvalue weighted by Crippen LogP contribution is -2.40. The molecule has 1 aromatic rings. The summed E-state index contributed by atoms with van der Waals surface area (Å²) in [5.41, 5.74) is 8.41. The minimum absolute atomic E-state index is 0.466. The molecule has 2 rings (SSSR count). The van der Waals surface area contributed by atoms with Gasteiger partial charge in [-0.15, -0.1) is 0 Å². The smallest absolute Gasteiger partial charge is 0.188 e. The summed E-state index contributed by atoms with van der Waals surface area (Å²) in [5.74, 6) is 1.04. The lowest BCUT2D eigenvalue weighted by Gasteiger charge is -2.23. The van der Waals surface area contributed by atoms with E-state index in [1.54, 1.807) is 0 Å². The second-order valence-electron chi connectivity index (χ2n) is 3.86. The number of nitrogens with zero attached hydrogens (tertiary/aromatic N) is 1. The Balaban J connectivity index is 2.22. The largest absolute Gasteiger partial charge is 0.370 e. The Labute approximate surface area is 90.4 Å². The monoisotopic (exact) mass is 203 g/mol. The van der Waals surface area contributed by atoms with Crippen LogP contribution in [0.1, 0.15) is 24.0 Å². The van der Waals surface area contributed by atoms with Crippen molar-refractivity contribution in [1.29, 1.82) is 0 Å². The molecule has 0 spiro atoms. The van der Waals surface area contributed by atoms with Crippen molar-refractivity contribution in [3.63, 3.8) is 0 Å². The normalized spacial score (nSPS) is 20.6. The Bertz CT molecular complexity index is 371. The first kappa shape index (κ1) is 10.0. The first-order valence-electron chi connectivity index (χ1n) is 5.43. The highest BCUT2D eigenvalue weighted by atomic mass is 15.1. The standard InChI is InChI=1S/C12H17N3/c1-2-9-5-3-4-6-11(9)10-7-14-12(13)15-8-10/h3-6,10H,2,7-8H2,1H3,(H3,13,14,15). The lowest BCUT2D eigenvalue weighted by atomic mass is 9.92. The molecule has 0 amide bonds. The molecule has 1 heterocycles. The topological polar surface area (TPSA) is 50.4 Å². The number of nitrogens with one attached hydrogen (secondary N) is 1. The van der Waals surface area contributed by atoms with Crippen molar-refractivity contribution in [2.45, 2.75) is 19.3 Å². The maximum absolute atomic E-state index is 5.58. The van der Waals surface area contributed by atoms with Crippen molar-refractivity contribution in [1.82, 2.24) is 5.32 Å². The van der Waals surface area contributed by atoms with E-state index in [4.69, 9.17) is 5.73 Å². The van der Waals surface area contributed by atoms with Crippen LogP contribution in [0, 0.1) is 0 Å². The maximum atomic E-state index is 5.58. The van der Waals surface area contributed by atoms with Gasteiger partial charge in [0.25, 0.3) is 0 Å². The van der Waals surface area contributed by atoms with Gasteiger partial charge in [-0.1, -0.05) is 31.2 Å². The van der Waals surface area contributed by atoms with Crippen LogP contribution in [0.25, 0.3) is 0 Å². The van der Waals surface area contributed by atoms with E-state index in [0.29, 0.717) is 11.9 Å². The molecule has 3 N–H and O–H groups in total. The molecule has 0 saturated carbocycles. The third-order valence-corrected chi connectivity index (χ3v) is 2.89. The molecular formula is C12H17N3. The van der Waals surface area contributed by atoms with Crippen LogP contribution >= 0.6 is 0 Å². The average Bonchev–Trinajstić information content (AvgIpc) is 2.30.